The van der Waals surface area contributed by atoms with Gasteiger partial charge in [0.15, 0.2) is 5.79 Å². The zero-order valence-corrected chi connectivity index (χ0v) is 13.1. The highest BCUT2D eigenvalue weighted by Gasteiger charge is 2.45. The molecule has 0 aromatic rings. The second-order valence-corrected chi connectivity index (χ2v) is 6.78. The monoisotopic (exact) mass is 301 g/mol. The highest BCUT2D eigenvalue weighted by molar-refractivity contribution is 5.83. The van der Waals surface area contributed by atoms with Crippen molar-refractivity contribution in [3.63, 3.8) is 0 Å². The van der Waals surface area contributed by atoms with Gasteiger partial charge in [-0.25, -0.2) is 9.59 Å². The summed E-state index contributed by atoms with van der Waals surface area (Å²) in [6.45, 7) is 9.25. The Labute approximate surface area is 124 Å². The molecule has 2 aliphatic heterocycles. The van der Waals surface area contributed by atoms with E-state index in [0.717, 1.165) is 0 Å². The van der Waals surface area contributed by atoms with Gasteiger partial charge in [-0.1, -0.05) is 0 Å². The summed E-state index contributed by atoms with van der Waals surface area (Å²) in [6.07, 6.45) is -1.01. The molecule has 21 heavy (non-hydrogen) atoms. The molecule has 7 heteroatoms. The Bertz CT molecular complexity index is 428. The van der Waals surface area contributed by atoms with Crippen LogP contribution in [0.3, 0.4) is 0 Å². The third-order valence-corrected chi connectivity index (χ3v) is 3.16. The van der Waals surface area contributed by atoms with Crippen molar-refractivity contribution in [3.8, 4) is 0 Å². The van der Waals surface area contributed by atoms with Crippen LogP contribution in [0.15, 0.2) is 0 Å². The number of ether oxygens (including phenoxy) is 4. The first kappa shape index (κ1) is 16.0. The number of carbonyl (C=O) groups excluding carboxylic acids is 2. The first-order valence-corrected chi connectivity index (χ1v) is 7.07. The summed E-state index contributed by atoms with van der Waals surface area (Å²) in [5.41, 5.74) is -0.613. The largest absolute Gasteiger partial charge is 0.458 e. The van der Waals surface area contributed by atoms with Gasteiger partial charge in [0.25, 0.3) is 0 Å². The minimum atomic E-state index is -0.711. The molecule has 0 saturated carbocycles. The Balaban J connectivity index is 1.87. The molecule has 0 bridgehead atoms. The second-order valence-electron chi connectivity index (χ2n) is 6.78. The molecular weight excluding hydrogens is 278 g/mol. The summed E-state index contributed by atoms with van der Waals surface area (Å²) in [5, 5.41) is 2.53. The molecule has 2 aliphatic rings. The van der Waals surface area contributed by atoms with Crippen molar-refractivity contribution in [2.45, 2.75) is 70.7 Å². The van der Waals surface area contributed by atoms with E-state index in [1.807, 2.05) is 0 Å². The van der Waals surface area contributed by atoms with Crippen molar-refractivity contribution in [2.24, 2.45) is 0 Å². The fourth-order valence-electron chi connectivity index (χ4n) is 2.30. The smallest absolute Gasteiger partial charge is 0.408 e. The number of amides is 1. The van der Waals surface area contributed by atoms with E-state index in [-0.39, 0.29) is 6.10 Å². The molecule has 0 aromatic heterocycles. The lowest BCUT2D eigenvalue weighted by molar-refractivity contribution is -0.162. The molecule has 120 valence electrons. The Morgan fingerprint density at radius 1 is 1.33 bits per heavy atom. The minimum Gasteiger partial charge on any atom is -0.458 e. The zero-order valence-electron chi connectivity index (χ0n) is 13.1. The van der Waals surface area contributed by atoms with E-state index in [1.54, 1.807) is 34.6 Å². The van der Waals surface area contributed by atoms with Gasteiger partial charge in [-0.2, -0.15) is 0 Å². The molecule has 0 spiro atoms. The van der Waals surface area contributed by atoms with E-state index in [9.17, 15) is 9.59 Å². The summed E-state index contributed by atoms with van der Waals surface area (Å²) < 4.78 is 21.5. The van der Waals surface area contributed by atoms with Crippen LogP contribution in [0, 0.1) is 0 Å². The molecule has 7 nitrogen and oxygen atoms in total. The third kappa shape index (κ3) is 4.31. The number of carbonyl (C=O) groups is 2. The molecule has 2 saturated heterocycles. The van der Waals surface area contributed by atoms with Crippen molar-refractivity contribution in [1.29, 1.82) is 0 Å². The number of alkyl carbamates (subject to hydrolysis) is 1. The maximum atomic E-state index is 11.8. The van der Waals surface area contributed by atoms with Crippen molar-refractivity contribution >= 4 is 12.1 Å². The number of cyclic esters (lactones) is 1. The molecular formula is C14H23NO6. The van der Waals surface area contributed by atoms with Crippen molar-refractivity contribution in [1.82, 2.24) is 5.32 Å². The quantitative estimate of drug-likeness (QED) is 0.775. The fraction of sp³-hybridized carbons (Fsp3) is 0.857. The normalized spacial score (nSPS) is 31.9. The topological polar surface area (TPSA) is 83.1 Å². The SMILES string of the molecule is CC(C)(C)OC(=O)N[C@H]1C[C@H]([C@H]2COC(C)(C)O2)OC1=O. The van der Waals surface area contributed by atoms with E-state index in [0.29, 0.717) is 13.0 Å². The number of esters is 1. The summed E-state index contributed by atoms with van der Waals surface area (Å²) in [7, 11) is 0. The highest BCUT2D eigenvalue weighted by atomic mass is 16.8. The molecule has 0 radical (unpaired) electrons. The van der Waals surface area contributed by atoms with Crippen molar-refractivity contribution in [2.75, 3.05) is 6.61 Å². The second kappa shape index (κ2) is 5.46. The first-order chi connectivity index (χ1) is 9.56. The summed E-state index contributed by atoms with van der Waals surface area (Å²) in [4.78, 5) is 23.5. The summed E-state index contributed by atoms with van der Waals surface area (Å²) in [6, 6.07) is -0.711. The molecule has 1 amide bonds. The van der Waals surface area contributed by atoms with Crippen LogP contribution < -0.4 is 5.32 Å². The van der Waals surface area contributed by atoms with E-state index in [4.69, 9.17) is 18.9 Å². The Hall–Kier alpha value is -1.34. The lowest BCUT2D eigenvalue weighted by Gasteiger charge is -2.21. The number of hydrogen-bond acceptors (Lipinski definition) is 6. The summed E-state index contributed by atoms with van der Waals surface area (Å²) in [5.74, 6) is -1.15. The molecule has 0 aromatic carbocycles. The molecule has 0 unspecified atom stereocenters. The standard InChI is InChI=1S/C14H23NO6/c1-13(2,3)21-12(17)15-8-6-9(19-11(8)16)10-7-18-14(4,5)20-10/h8-10H,6-7H2,1-5H3,(H,15,17)/t8-,9+,10+/m0/s1. The van der Waals surface area contributed by atoms with E-state index in [1.165, 1.54) is 0 Å². The van der Waals surface area contributed by atoms with E-state index < -0.39 is 35.6 Å². The molecule has 3 atom stereocenters. The lowest BCUT2D eigenvalue weighted by Crippen LogP contribution is -2.41. The van der Waals surface area contributed by atoms with E-state index >= 15 is 0 Å². The van der Waals surface area contributed by atoms with Crippen molar-refractivity contribution in [3.05, 3.63) is 0 Å². The molecule has 2 fully saturated rings. The minimum absolute atomic E-state index is 0.311. The van der Waals surface area contributed by atoms with Gasteiger partial charge in [0.2, 0.25) is 0 Å². The lowest BCUT2D eigenvalue weighted by atomic mass is 10.1. The zero-order chi connectivity index (χ0) is 15.8. The number of rotatable bonds is 2. The van der Waals surface area contributed by atoms with Gasteiger partial charge in [-0.3, -0.25) is 0 Å². The van der Waals surface area contributed by atoms with Crippen LogP contribution >= 0.6 is 0 Å². The molecule has 1 N–H and O–H groups in total. The van der Waals surface area contributed by atoms with Gasteiger partial charge in [-0.15, -0.1) is 0 Å². The van der Waals surface area contributed by atoms with Crippen LogP contribution in [0.5, 0.6) is 0 Å². The van der Waals surface area contributed by atoms with Crippen LogP contribution in [0.1, 0.15) is 41.0 Å². The van der Waals surface area contributed by atoms with Gasteiger partial charge < -0.3 is 24.3 Å². The van der Waals surface area contributed by atoms with Crippen LogP contribution in [0.2, 0.25) is 0 Å². The molecule has 2 rings (SSSR count). The maximum Gasteiger partial charge on any atom is 0.408 e. The van der Waals surface area contributed by atoms with Crippen LogP contribution in [-0.4, -0.2) is 48.3 Å². The van der Waals surface area contributed by atoms with Gasteiger partial charge in [-0.05, 0) is 34.6 Å². The third-order valence-electron chi connectivity index (χ3n) is 3.16. The first-order valence-electron chi connectivity index (χ1n) is 7.07. The number of hydrogen-bond donors (Lipinski definition) is 1. The van der Waals surface area contributed by atoms with Gasteiger partial charge in [0.05, 0.1) is 6.61 Å². The average Bonchev–Trinajstić information content (AvgIpc) is 2.80. The van der Waals surface area contributed by atoms with Gasteiger partial charge >= 0.3 is 12.1 Å². The van der Waals surface area contributed by atoms with Crippen molar-refractivity contribution < 1.29 is 28.5 Å². The van der Waals surface area contributed by atoms with Crippen LogP contribution in [0.25, 0.3) is 0 Å². The van der Waals surface area contributed by atoms with Crippen LogP contribution in [-0.2, 0) is 23.7 Å². The van der Waals surface area contributed by atoms with Crippen LogP contribution in [0.4, 0.5) is 4.79 Å². The molecule has 2 heterocycles. The van der Waals surface area contributed by atoms with Gasteiger partial charge in [0.1, 0.15) is 23.9 Å². The number of nitrogens with one attached hydrogen (secondary N) is 1. The fourth-order valence-corrected chi connectivity index (χ4v) is 2.30. The Morgan fingerprint density at radius 3 is 2.52 bits per heavy atom. The predicted molar refractivity (Wildman–Crippen MR) is 72.6 cm³/mol. The van der Waals surface area contributed by atoms with E-state index in [2.05, 4.69) is 5.32 Å². The Morgan fingerprint density at radius 2 is 2.00 bits per heavy atom. The average molecular weight is 301 g/mol. The van der Waals surface area contributed by atoms with Gasteiger partial charge in [0, 0.05) is 6.42 Å². The molecule has 0 aliphatic carbocycles. The highest BCUT2D eigenvalue weighted by Crippen LogP contribution is 2.30. The predicted octanol–water partition coefficient (Wildman–Crippen LogP) is 1.35. The summed E-state index contributed by atoms with van der Waals surface area (Å²) >= 11 is 0. The maximum absolute atomic E-state index is 11.8. The Kier molecular flexibility index (Phi) is 4.17.